The van der Waals surface area contributed by atoms with Gasteiger partial charge in [0.1, 0.15) is 0 Å². The monoisotopic (exact) mass is 598 g/mol. The molecule has 2 unspecified atom stereocenters. The second-order valence-electron chi connectivity index (χ2n) is 13.6. The standard InChI is InChI=1S/C38H58N6/c1-2-3-19-36-30-42(38(40)44(36)28-25-32-21-23-34(24-22-32)33-17-8-5-9-18-33)26-12-11-20-35-29-41-37(39)43(35)27-13-10-16-31-14-6-4-7-15-31/h5,8-9,17-18,21-24,31,35-36,40H,2-4,6-7,10-16,19-20,25-30H2,1H3,(H2,39,41). The molecule has 2 aromatic rings. The third kappa shape index (κ3) is 9.01. The second-order valence-corrected chi connectivity index (χ2v) is 13.6. The summed E-state index contributed by atoms with van der Waals surface area (Å²) in [5.41, 5.74) is 10.2. The molecular weight excluding hydrogens is 540 g/mol. The molecule has 44 heavy (non-hydrogen) atoms. The van der Waals surface area contributed by atoms with Crippen LogP contribution in [0.4, 0.5) is 0 Å². The molecule has 2 fully saturated rings. The molecule has 1 saturated carbocycles. The predicted molar refractivity (Wildman–Crippen MR) is 186 cm³/mol. The van der Waals surface area contributed by atoms with Crippen molar-refractivity contribution in [3.05, 3.63) is 60.2 Å². The van der Waals surface area contributed by atoms with Gasteiger partial charge in [0.15, 0.2) is 11.9 Å². The zero-order valence-electron chi connectivity index (χ0n) is 27.4. The molecule has 3 aliphatic rings. The maximum atomic E-state index is 9.08. The van der Waals surface area contributed by atoms with Gasteiger partial charge in [0, 0.05) is 32.2 Å². The summed E-state index contributed by atoms with van der Waals surface area (Å²) in [6, 6.07) is 20.5. The highest BCUT2D eigenvalue weighted by Crippen LogP contribution is 2.28. The van der Waals surface area contributed by atoms with Gasteiger partial charge in [0.05, 0.1) is 12.6 Å². The minimum Gasteiger partial charge on any atom is -0.370 e. The lowest BCUT2D eigenvalue weighted by molar-refractivity contribution is 0.288. The van der Waals surface area contributed by atoms with Crippen molar-refractivity contribution in [1.82, 2.24) is 14.7 Å². The highest BCUT2D eigenvalue weighted by atomic mass is 15.4. The molecule has 1 saturated heterocycles. The first kappa shape index (κ1) is 32.4. The number of rotatable bonds is 17. The minimum atomic E-state index is 0.457. The summed E-state index contributed by atoms with van der Waals surface area (Å²) in [5, 5.41) is 9.08. The Bertz CT molecular complexity index is 1160. The largest absolute Gasteiger partial charge is 0.370 e. The Morgan fingerprint density at radius 2 is 1.45 bits per heavy atom. The third-order valence-corrected chi connectivity index (χ3v) is 10.4. The Morgan fingerprint density at radius 3 is 2.23 bits per heavy atom. The highest BCUT2D eigenvalue weighted by molar-refractivity contribution is 5.80. The van der Waals surface area contributed by atoms with Crippen LogP contribution in [0.1, 0.15) is 102 Å². The van der Waals surface area contributed by atoms with Crippen molar-refractivity contribution < 1.29 is 0 Å². The molecule has 0 amide bonds. The lowest BCUT2D eigenvalue weighted by Gasteiger charge is -2.27. The molecule has 0 spiro atoms. The summed E-state index contributed by atoms with van der Waals surface area (Å²) in [6.45, 7) is 7.09. The number of nitrogens with zero attached hydrogens (tertiary/aromatic N) is 4. The Hall–Kier alpha value is -3.02. The van der Waals surface area contributed by atoms with E-state index in [0.717, 1.165) is 69.8 Å². The third-order valence-electron chi connectivity index (χ3n) is 10.4. The van der Waals surface area contributed by atoms with E-state index in [4.69, 9.17) is 11.1 Å². The molecular formula is C38H58N6. The molecule has 2 atom stereocenters. The van der Waals surface area contributed by atoms with Crippen molar-refractivity contribution in [3.63, 3.8) is 0 Å². The SMILES string of the molecule is CCCCC1CN(CCCCC2CN=C(N)N2CCCCC2CCCCC2)C(=N)N1CCc1ccc(-c2ccccc2)cc1. The molecule has 1 aliphatic carbocycles. The number of benzene rings is 2. The number of unbranched alkanes of at least 4 members (excludes halogenated alkanes) is 3. The normalized spacial score (nSPS) is 21.0. The van der Waals surface area contributed by atoms with E-state index in [9.17, 15) is 0 Å². The average molecular weight is 599 g/mol. The van der Waals surface area contributed by atoms with E-state index in [-0.39, 0.29) is 0 Å². The van der Waals surface area contributed by atoms with E-state index in [2.05, 4.69) is 81.2 Å². The van der Waals surface area contributed by atoms with Crippen LogP contribution >= 0.6 is 0 Å². The van der Waals surface area contributed by atoms with Gasteiger partial charge in [-0.3, -0.25) is 10.4 Å². The Labute approximate surface area is 267 Å². The van der Waals surface area contributed by atoms with Crippen LogP contribution in [-0.4, -0.2) is 71.4 Å². The molecule has 0 radical (unpaired) electrons. The maximum absolute atomic E-state index is 9.08. The summed E-state index contributed by atoms with van der Waals surface area (Å²) < 4.78 is 0. The molecule has 0 aromatic heterocycles. The minimum absolute atomic E-state index is 0.457. The fourth-order valence-electron chi connectivity index (χ4n) is 7.70. The van der Waals surface area contributed by atoms with Gasteiger partial charge in [0.25, 0.3) is 0 Å². The van der Waals surface area contributed by atoms with Crippen LogP contribution in [-0.2, 0) is 6.42 Å². The fourth-order valence-corrected chi connectivity index (χ4v) is 7.70. The van der Waals surface area contributed by atoms with E-state index in [0.29, 0.717) is 12.1 Å². The lowest BCUT2D eigenvalue weighted by Crippen LogP contribution is -2.41. The van der Waals surface area contributed by atoms with Gasteiger partial charge in [-0.25, -0.2) is 0 Å². The molecule has 0 bridgehead atoms. The van der Waals surface area contributed by atoms with Crippen LogP contribution < -0.4 is 5.73 Å². The molecule has 5 rings (SSSR count). The Balaban J connectivity index is 1.04. The lowest BCUT2D eigenvalue weighted by atomic mass is 9.86. The van der Waals surface area contributed by atoms with Crippen LogP contribution in [0.15, 0.2) is 59.6 Å². The summed E-state index contributed by atoms with van der Waals surface area (Å²) in [4.78, 5) is 11.8. The van der Waals surface area contributed by atoms with Crippen molar-refractivity contribution in [3.8, 4) is 11.1 Å². The van der Waals surface area contributed by atoms with E-state index in [1.807, 2.05) is 0 Å². The van der Waals surface area contributed by atoms with Crippen molar-refractivity contribution in [2.24, 2.45) is 16.6 Å². The van der Waals surface area contributed by atoms with Crippen LogP contribution in [0, 0.1) is 11.3 Å². The summed E-state index contributed by atoms with van der Waals surface area (Å²) in [5.74, 6) is 2.47. The van der Waals surface area contributed by atoms with Gasteiger partial charge >= 0.3 is 0 Å². The first-order valence-corrected chi connectivity index (χ1v) is 17.9. The van der Waals surface area contributed by atoms with Gasteiger partial charge in [-0.15, -0.1) is 0 Å². The van der Waals surface area contributed by atoms with E-state index < -0.39 is 0 Å². The van der Waals surface area contributed by atoms with E-state index in [1.165, 1.54) is 93.7 Å². The number of aliphatic imine (C=N–C) groups is 1. The number of nitrogens with two attached hydrogens (primary N) is 1. The zero-order valence-corrected chi connectivity index (χ0v) is 27.4. The van der Waals surface area contributed by atoms with Gasteiger partial charge in [-0.2, -0.15) is 0 Å². The van der Waals surface area contributed by atoms with Crippen molar-refractivity contribution in [2.45, 2.75) is 115 Å². The topological polar surface area (TPSA) is 72.0 Å². The smallest absolute Gasteiger partial charge is 0.194 e. The van der Waals surface area contributed by atoms with Gasteiger partial charge < -0.3 is 20.4 Å². The molecule has 6 nitrogen and oxygen atoms in total. The fraction of sp³-hybridized carbons (Fsp3) is 0.632. The maximum Gasteiger partial charge on any atom is 0.194 e. The number of hydrogen-bond acceptors (Lipinski definition) is 4. The van der Waals surface area contributed by atoms with Crippen LogP contribution in [0.25, 0.3) is 11.1 Å². The van der Waals surface area contributed by atoms with Crippen molar-refractivity contribution in [2.75, 3.05) is 32.7 Å². The Kier molecular flexibility index (Phi) is 12.4. The molecule has 240 valence electrons. The number of nitrogens with one attached hydrogen (secondary N) is 1. The van der Waals surface area contributed by atoms with Crippen LogP contribution in [0.2, 0.25) is 0 Å². The molecule has 2 heterocycles. The zero-order chi connectivity index (χ0) is 30.6. The second kappa shape index (κ2) is 16.9. The van der Waals surface area contributed by atoms with Crippen molar-refractivity contribution >= 4 is 11.9 Å². The van der Waals surface area contributed by atoms with Crippen LogP contribution in [0.5, 0.6) is 0 Å². The summed E-state index contributed by atoms with van der Waals surface area (Å²) in [7, 11) is 0. The van der Waals surface area contributed by atoms with E-state index in [1.54, 1.807) is 0 Å². The molecule has 3 N–H and O–H groups in total. The summed E-state index contributed by atoms with van der Waals surface area (Å²) in [6.07, 6.45) is 19.2. The van der Waals surface area contributed by atoms with Gasteiger partial charge in [-0.05, 0) is 61.1 Å². The van der Waals surface area contributed by atoms with E-state index >= 15 is 0 Å². The predicted octanol–water partition coefficient (Wildman–Crippen LogP) is 7.93. The van der Waals surface area contributed by atoms with Gasteiger partial charge in [0.2, 0.25) is 0 Å². The quantitative estimate of drug-likeness (QED) is 0.181. The first-order chi connectivity index (χ1) is 21.6. The van der Waals surface area contributed by atoms with Gasteiger partial charge in [-0.1, -0.05) is 119 Å². The molecule has 2 aromatic carbocycles. The number of guanidine groups is 2. The first-order valence-electron chi connectivity index (χ1n) is 17.9. The van der Waals surface area contributed by atoms with Crippen LogP contribution in [0.3, 0.4) is 0 Å². The Morgan fingerprint density at radius 1 is 0.750 bits per heavy atom. The molecule has 2 aliphatic heterocycles. The number of hydrogen-bond donors (Lipinski definition) is 2. The highest BCUT2D eigenvalue weighted by Gasteiger charge is 2.33. The molecule has 6 heteroatoms. The summed E-state index contributed by atoms with van der Waals surface area (Å²) >= 11 is 0. The average Bonchev–Trinajstić information content (AvgIpc) is 3.57. The van der Waals surface area contributed by atoms with Crippen molar-refractivity contribution in [1.29, 1.82) is 5.41 Å².